The summed E-state index contributed by atoms with van der Waals surface area (Å²) in [6, 6.07) is 12.9. The molecule has 7 heteroatoms. The van der Waals surface area contributed by atoms with E-state index in [0.717, 1.165) is 22.1 Å². The van der Waals surface area contributed by atoms with Crippen LogP contribution in [0.2, 0.25) is 5.02 Å². The van der Waals surface area contributed by atoms with Crippen LogP contribution in [0.1, 0.15) is 18.9 Å². The highest BCUT2D eigenvalue weighted by Gasteiger charge is 2.15. The molecule has 2 aromatic carbocycles. The number of nitrogens with zero attached hydrogens (tertiary/aromatic N) is 1. The van der Waals surface area contributed by atoms with Crippen molar-refractivity contribution >= 4 is 50.7 Å². The lowest BCUT2D eigenvalue weighted by molar-refractivity contribution is -0.120. The number of aryl methyl sites for hydroxylation is 1. The van der Waals surface area contributed by atoms with Gasteiger partial charge < -0.3 is 10.6 Å². The van der Waals surface area contributed by atoms with Crippen LogP contribution in [-0.2, 0) is 9.59 Å². The molecule has 0 aliphatic carbocycles. The summed E-state index contributed by atoms with van der Waals surface area (Å²) in [6.07, 6.45) is 0.837. The predicted octanol–water partition coefficient (Wildman–Crippen LogP) is 4.70. The molecule has 0 spiro atoms. The molecule has 27 heavy (non-hydrogen) atoms. The Labute approximate surface area is 173 Å². The van der Waals surface area contributed by atoms with Crippen LogP contribution in [0.3, 0.4) is 0 Å². The SMILES string of the molecule is CCCN(CC(=O)Nc1ccccc1C)CC(=O)Nc1ccc(Br)cc1Cl. The standard InChI is InChI=1S/C20H23BrClN3O2/c1-3-10-25(12-19(26)23-17-7-5-4-6-14(17)2)13-20(27)24-18-9-8-15(21)11-16(18)22/h4-9,11H,3,10,12-13H2,1-2H3,(H,23,26)(H,24,27). The van der Waals surface area contributed by atoms with E-state index in [0.29, 0.717) is 17.3 Å². The minimum Gasteiger partial charge on any atom is -0.325 e. The molecule has 0 bridgehead atoms. The second-order valence-corrected chi connectivity index (χ2v) is 7.57. The van der Waals surface area contributed by atoms with Crippen molar-refractivity contribution in [2.45, 2.75) is 20.3 Å². The highest BCUT2D eigenvalue weighted by Crippen LogP contribution is 2.25. The molecule has 2 aromatic rings. The first kappa shape index (κ1) is 21.4. The fourth-order valence-corrected chi connectivity index (χ4v) is 3.34. The van der Waals surface area contributed by atoms with Gasteiger partial charge in [0.15, 0.2) is 0 Å². The molecule has 0 saturated carbocycles. The lowest BCUT2D eigenvalue weighted by Crippen LogP contribution is -2.39. The minimum atomic E-state index is -0.212. The van der Waals surface area contributed by atoms with Gasteiger partial charge >= 0.3 is 0 Å². The van der Waals surface area contributed by atoms with Crippen molar-refractivity contribution < 1.29 is 9.59 Å². The van der Waals surface area contributed by atoms with E-state index in [4.69, 9.17) is 11.6 Å². The van der Waals surface area contributed by atoms with E-state index in [1.165, 1.54) is 0 Å². The third-order valence-electron chi connectivity index (χ3n) is 3.90. The second kappa shape index (κ2) is 10.4. The van der Waals surface area contributed by atoms with Crippen molar-refractivity contribution in [1.29, 1.82) is 0 Å². The third kappa shape index (κ3) is 6.97. The molecule has 2 rings (SSSR count). The summed E-state index contributed by atoms with van der Waals surface area (Å²) < 4.78 is 0.839. The lowest BCUT2D eigenvalue weighted by atomic mass is 10.2. The number of nitrogens with one attached hydrogen (secondary N) is 2. The highest BCUT2D eigenvalue weighted by atomic mass is 79.9. The van der Waals surface area contributed by atoms with Gasteiger partial charge in [0.25, 0.3) is 0 Å². The number of para-hydroxylation sites is 1. The summed E-state index contributed by atoms with van der Waals surface area (Å²) in [7, 11) is 0. The van der Waals surface area contributed by atoms with E-state index >= 15 is 0 Å². The monoisotopic (exact) mass is 451 g/mol. The first-order valence-corrected chi connectivity index (χ1v) is 9.89. The molecule has 2 N–H and O–H groups in total. The Morgan fingerprint density at radius 1 is 1.04 bits per heavy atom. The number of benzene rings is 2. The van der Waals surface area contributed by atoms with Gasteiger partial charge in [0.1, 0.15) is 0 Å². The molecule has 144 valence electrons. The van der Waals surface area contributed by atoms with Crippen molar-refractivity contribution in [3.05, 3.63) is 57.5 Å². The Morgan fingerprint density at radius 2 is 1.67 bits per heavy atom. The van der Waals surface area contributed by atoms with E-state index < -0.39 is 0 Å². The summed E-state index contributed by atoms with van der Waals surface area (Å²) in [5, 5.41) is 6.15. The van der Waals surface area contributed by atoms with Gasteiger partial charge in [-0.2, -0.15) is 0 Å². The maximum Gasteiger partial charge on any atom is 0.238 e. The maximum absolute atomic E-state index is 12.4. The molecule has 0 aromatic heterocycles. The predicted molar refractivity (Wildman–Crippen MR) is 114 cm³/mol. The molecule has 5 nitrogen and oxygen atoms in total. The van der Waals surface area contributed by atoms with E-state index in [-0.39, 0.29) is 24.9 Å². The van der Waals surface area contributed by atoms with Crippen molar-refractivity contribution in [2.75, 3.05) is 30.3 Å². The molecule has 0 radical (unpaired) electrons. The normalized spacial score (nSPS) is 10.7. The average molecular weight is 453 g/mol. The molecule has 0 atom stereocenters. The highest BCUT2D eigenvalue weighted by molar-refractivity contribution is 9.10. The summed E-state index contributed by atoms with van der Waals surface area (Å²) in [5.41, 5.74) is 2.33. The summed E-state index contributed by atoms with van der Waals surface area (Å²) in [6.45, 7) is 4.85. The van der Waals surface area contributed by atoms with Gasteiger partial charge in [-0.05, 0) is 49.7 Å². The van der Waals surface area contributed by atoms with Gasteiger partial charge in [-0.3, -0.25) is 14.5 Å². The van der Waals surface area contributed by atoms with Crippen molar-refractivity contribution in [2.24, 2.45) is 0 Å². The van der Waals surface area contributed by atoms with Gasteiger partial charge in [-0.15, -0.1) is 0 Å². The average Bonchev–Trinajstić information content (AvgIpc) is 2.59. The summed E-state index contributed by atoms with van der Waals surface area (Å²) in [5.74, 6) is -0.358. The lowest BCUT2D eigenvalue weighted by Gasteiger charge is -2.21. The molecule has 0 unspecified atom stereocenters. The Balaban J connectivity index is 1.94. The number of hydrogen-bond acceptors (Lipinski definition) is 3. The quantitative estimate of drug-likeness (QED) is 0.610. The van der Waals surface area contributed by atoms with Crippen LogP contribution in [0, 0.1) is 6.92 Å². The zero-order valence-corrected chi connectivity index (χ0v) is 17.7. The zero-order chi connectivity index (χ0) is 19.8. The van der Waals surface area contributed by atoms with Crippen LogP contribution in [0.4, 0.5) is 11.4 Å². The molecule has 0 saturated heterocycles. The Kier molecular flexibility index (Phi) is 8.28. The molecule has 2 amide bonds. The second-order valence-electron chi connectivity index (χ2n) is 6.25. The smallest absolute Gasteiger partial charge is 0.238 e. The Morgan fingerprint density at radius 3 is 2.26 bits per heavy atom. The third-order valence-corrected chi connectivity index (χ3v) is 4.70. The molecule has 0 fully saturated rings. The topological polar surface area (TPSA) is 61.4 Å². The summed E-state index contributed by atoms with van der Waals surface area (Å²) in [4.78, 5) is 26.6. The van der Waals surface area contributed by atoms with Gasteiger partial charge in [-0.25, -0.2) is 0 Å². The van der Waals surface area contributed by atoms with E-state index in [9.17, 15) is 9.59 Å². The molecular formula is C20H23BrClN3O2. The van der Waals surface area contributed by atoms with Crippen LogP contribution in [0.5, 0.6) is 0 Å². The van der Waals surface area contributed by atoms with E-state index in [1.54, 1.807) is 18.2 Å². The van der Waals surface area contributed by atoms with Crippen LogP contribution < -0.4 is 10.6 Å². The zero-order valence-electron chi connectivity index (χ0n) is 15.4. The maximum atomic E-state index is 12.4. The number of amides is 2. The van der Waals surface area contributed by atoms with E-state index in [2.05, 4.69) is 26.6 Å². The van der Waals surface area contributed by atoms with Crippen molar-refractivity contribution in [1.82, 2.24) is 4.90 Å². The molecular weight excluding hydrogens is 430 g/mol. The minimum absolute atomic E-state index is 0.113. The number of hydrogen-bond donors (Lipinski definition) is 2. The molecule has 0 aliphatic rings. The first-order valence-electron chi connectivity index (χ1n) is 8.71. The van der Waals surface area contributed by atoms with Gasteiger partial charge in [-0.1, -0.05) is 52.7 Å². The van der Waals surface area contributed by atoms with Crippen molar-refractivity contribution in [3.8, 4) is 0 Å². The summed E-state index contributed by atoms with van der Waals surface area (Å²) >= 11 is 9.47. The van der Waals surface area contributed by atoms with E-state index in [1.807, 2.05) is 43.0 Å². The largest absolute Gasteiger partial charge is 0.325 e. The molecule has 0 aliphatic heterocycles. The number of halogens is 2. The Hall–Kier alpha value is -1.89. The van der Waals surface area contributed by atoms with Crippen LogP contribution >= 0.6 is 27.5 Å². The van der Waals surface area contributed by atoms with Gasteiger partial charge in [0.05, 0.1) is 23.8 Å². The fraction of sp³-hybridized carbons (Fsp3) is 0.300. The number of carbonyl (C=O) groups excluding carboxylic acids is 2. The number of anilines is 2. The first-order chi connectivity index (χ1) is 12.9. The van der Waals surface area contributed by atoms with Gasteiger partial charge in [0.2, 0.25) is 11.8 Å². The van der Waals surface area contributed by atoms with Gasteiger partial charge in [0, 0.05) is 10.2 Å². The van der Waals surface area contributed by atoms with Crippen molar-refractivity contribution in [3.63, 3.8) is 0 Å². The molecule has 0 heterocycles. The van der Waals surface area contributed by atoms with Crippen LogP contribution in [-0.4, -0.2) is 36.3 Å². The number of rotatable bonds is 8. The van der Waals surface area contributed by atoms with Crippen LogP contribution in [0.15, 0.2) is 46.9 Å². The fourth-order valence-electron chi connectivity index (χ4n) is 2.62. The Bertz CT molecular complexity index is 814. The number of carbonyl (C=O) groups is 2. The van der Waals surface area contributed by atoms with Crippen LogP contribution in [0.25, 0.3) is 0 Å².